The van der Waals surface area contributed by atoms with E-state index >= 15 is 0 Å². The van der Waals surface area contributed by atoms with E-state index in [0.29, 0.717) is 26.1 Å². The van der Waals surface area contributed by atoms with Crippen LogP contribution in [0.1, 0.15) is 19.8 Å². The summed E-state index contributed by atoms with van der Waals surface area (Å²) in [5, 5.41) is 23.3. The van der Waals surface area contributed by atoms with Crippen molar-refractivity contribution in [2.45, 2.75) is 25.4 Å². The lowest BCUT2D eigenvalue weighted by Gasteiger charge is -2.46. The second-order valence-electron chi connectivity index (χ2n) is 4.78. The van der Waals surface area contributed by atoms with Crippen molar-refractivity contribution in [2.24, 2.45) is 11.3 Å². The normalized spacial score (nSPS) is 46.3. The Bertz CT molecular complexity index is 281. The highest BCUT2D eigenvalue weighted by molar-refractivity contribution is 5.16. The molecule has 4 heteroatoms. The van der Waals surface area contributed by atoms with Gasteiger partial charge in [0.15, 0.2) is 0 Å². The fourth-order valence-corrected chi connectivity index (χ4v) is 2.82. The Hall–Kier alpha value is -0.630. The Kier molecular flexibility index (Phi) is 2.72. The molecule has 4 nitrogen and oxygen atoms in total. The molecule has 84 valence electrons. The largest absolute Gasteiger partial charge is 0.388 e. The number of hydrogen-bond donors (Lipinski definition) is 2. The summed E-state index contributed by atoms with van der Waals surface area (Å²) in [4.78, 5) is 0. The van der Waals surface area contributed by atoms with Crippen LogP contribution < -0.4 is 5.32 Å². The first-order valence-electron chi connectivity index (χ1n) is 5.57. The van der Waals surface area contributed by atoms with Crippen molar-refractivity contribution in [3.8, 4) is 6.07 Å². The zero-order valence-corrected chi connectivity index (χ0v) is 9.12. The number of nitriles is 1. The molecule has 0 aromatic heterocycles. The summed E-state index contributed by atoms with van der Waals surface area (Å²) in [6.07, 6.45) is 1.30. The number of piperidine rings is 1. The van der Waals surface area contributed by atoms with Crippen LogP contribution in [0, 0.1) is 22.7 Å². The summed E-state index contributed by atoms with van der Waals surface area (Å²) in [7, 11) is 0. The standard InChI is InChI=1S/C11H18N2O2/c1-9-6-13-4-2-11(9,14)10(7-12)3-5-15-8-10/h9,13-14H,2-6,8H2,1H3. The van der Waals surface area contributed by atoms with Gasteiger partial charge in [-0.2, -0.15) is 5.26 Å². The number of aliphatic hydroxyl groups is 1. The van der Waals surface area contributed by atoms with Gasteiger partial charge in [-0.05, 0) is 25.3 Å². The fourth-order valence-electron chi connectivity index (χ4n) is 2.82. The molecule has 2 heterocycles. The molecule has 0 spiro atoms. The van der Waals surface area contributed by atoms with Crippen LogP contribution in [-0.2, 0) is 4.74 Å². The van der Waals surface area contributed by atoms with Crippen molar-refractivity contribution in [2.75, 3.05) is 26.3 Å². The second kappa shape index (κ2) is 3.75. The van der Waals surface area contributed by atoms with Gasteiger partial charge < -0.3 is 15.2 Å². The van der Waals surface area contributed by atoms with E-state index in [2.05, 4.69) is 11.4 Å². The summed E-state index contributed by atoms with van der Waals surface area (Å²) in [6.45, 7) is 4.54. The molecule has 0 aromatic rings. The average molecular weight is 210 g/mol. The zero-order chi connectivity index (χ0) is 10.9. The van der Waals surface area contributed by atoms with Gasteiger partial charge in [0.05, 0.1) is 18.3 Å². The molecular formula is C11H18N2O2. The highest BCUT2D eigenvalue weighted by atomic mass is 16.5. The smallest absolute Gasteiger partial charge is 0.112 e. The lowest BCUT2D eigenvalue weighted by Crippen LogP contribution is -2.59. The first-order chi connectivity index (χ1) is 7.15. The maximum atomic E-state index is 10.7. The molecule has 2 saturated heterocycles. The second-order valence-corrected chi connectivity index (χ2v) is 4.78. The van der Waals surface area contributed by atoms with Crippen molar-refractivity contribution < 1.29 is 9.84 Å². The van der Waals surface area contributed by atoms with Crippen LogP contribution in [0.25, 0.3) is 0 Å². The van der Waals surface area contributed by atoms with Gasteiger partial charge in [-0.3, -0.25) is 0 Å². The van der Waals surface area contributed by atoms with Gasteiger partial charge in [-0.15, -0.1) is 0 Å². The monoisotopic (exact) mass is 210 g/mol. The summed E-state index contributed by atoms with van der Waals surface area (Å²) >= 11 is 0. The van der Waals surface area contributed by atoms with Crippen molar-refractivity contribution >= 4 is 0 Å². The predicted molar refractivity (Wildman–Crippen MR) is 55.1 cm³/mol. The fraction of sp³-hybridized carbons (Fsp3) is 0.909. The molecule has 0 aliphatic carbocycles. The van der Waals surface area contributed by atoms with Crippen LogP contribution in [0.5, 0.6) is 0 Å². The van der Waals surface area contributed by atoms with Crippen LogP contribution in [-0.4, -0.2) is 37.0 Å². The molecule has 3 unspecified atom stereocenters. The van der Waals surface area contributed by atoms with Gasteiger partial charge >= 0.3 is 0 Å². The van der Waals surface area contributed by atoms with Crippen LogP contribution in [0.4, 0.5) is 0 Å². The first kappa shape index (κ1) is 10.9. The molecule has 15 heavy (non-hydrogen) atoms. The van der Waals surface area contributed by atoms with E-state index in [1.165, 1.54) is 0 Å². The van der Waals surface area contributed by atoms with Crippen LogP contribution in [0.3, 0.4) is 0 Å². The summed E-state index contributed by atoms with van der Waals surface area (Å²) in [5.41, 5.74) is -1.57. The number of ether oxygens (including phenoxy) is 1. The van der Waals surface area contributed by atoms with E-state index < -0.39 is 11.0 Å². The molecule has 2 aliphatic heterocycles. The van der Waals surface area contributed by atoms with Gasteiger partial charge in [-0.1, -0.05) is 6.92 Å². The Labute approximate surface area is 90.2 Å². The molecule has 0 bridgehead atoms. The van der Waals surface area contributed by atoms with Gasteiger partial charge in [0.25, 0.3) is 0 Å². The maximum absolute atomic E-state index is 10.7. The molecule has 2 aliphatic rings. The lowest BCUT2D eigenvalue weighted by molar-refractivity contribution is -0.113. The maximum Gasteiger partial charge on any atom is 0.112 e. The van der Waals surface area contributed by atoms with Crippen molar-refractivity contribution in [1.29, 1.82) is 5.26 Å². The van der Waals surface area contributed by atoms with Crippen molar-refractivity contribution in [3.05, 3.63) is 0 Å². The minimum atomic E-state index is -0.885. The highest BCUT2D eigenvalue weighted by Crippen LogP contribution is 2.46. The molecule has 0 saturated carbocycles. The summed E-state index contributed by atoms with van der Waals surface area (Å²) in [6, 6.07) is 2.32. The zero-order valence-electron chi connectivity index (χ0n) is 9.12. The number of nitrogens with zero attached hydrogens (tertiary/aromatic N) is 1. The topological polar surface area (TPSA) is 65.3 Å². The summed E-state index contributed by atoms with van der Waals surface area (Å²) < 4.78 is 5.32. The van der Waals surface area contributed by atoms with E-state index in [0.717, 1.165) is 13.1 Å². The predicted octanol–water partition coefficient (Wildman–Crippen LogP) is 0.277. The van der Waals surface area contributed by atoms with E-state index in [1.54, 1.807) is 0 Å². The SMILES string of the molecule is CC1CNCCC1(O)C1(C#N)CCOC1. The number of rotatable bonds is 1. The van der Waals surface area contributed by atoms with Gasteiger partial charge in [0, 0.05) is 13.2 Å². The average Bonchev–Trinajstić information content (AvgIpc) is 2.72. The van der Waals surface area contributed by atoms with Gasteiger partial charge in [0.2, 0.25) is 0 Å². The van der Waals surface area contributed by atoms with Crippen molar-refractivity contribution in [1.82, 2.24) is 5.32 Å². The highest BCUT2D eigenvalue weighted by Gasteiger charge is 2.56. The van der Waals surface area contributed by atoms with Crippen LogP contribution in [0.2, 0.25) is 0 Å². The molecule has 0 aromatic carbocycles. The third-order valence-corrected chi connectivity index (χ3v) is 4.01. The van der Waals surface area contributed by atoms with E-state index in [1.807, 2.05) is 6.92 Å². The van der Waals surface area contributed by atoms with Gasteiger partial charge in [0.1, 0.15) is 5.41 Å². The van der Waals surface area contributed by atoms with Gasteiger partial charge in [-0.25, -0.2) is 0 Å². The van der Waals surface area contributed by atoms with E-state index in [-0.39, 0.29) is 5.92 Å². The molecule has 2 rings (SSSR count). The molecule has 0 radical (unpaired) electrons. The number of nitrogens with one attached hydrogen (secondary N) is 1. The third kappa shape index (κ3) is 1.46. The minimum Gasteiger partial charge on any atom is -0.388 e. The Morgan fingerprint density at radius 1 is 1.53 bits per heavy atom. The van der Waals surface area contributed by atoms with E-state index in [4.69, 9.17) is 4.74 Å². The molecule has 0 amide bonds. The lowest BCUT2D eigenvalue weighted by atomic mass is 9.63. The Balaban J connectivity index is 2.29. The third-order valence-electron chi connectivity index (χ3n) is 4.01. The van der Waals surface area contributed by atoms with E-state index in [9.17, 15) is 10.4 Å². The van der Waals surface area contributed by atoms with Crippen molar-refractivity contribution in [3.63, 3.8) is 0 Å². The molecular weight excluding hydrogens is 192 g/mol. The Morgan fingerprint density at radius 3 is 2.87 bits per heavy atom. The first-order valence-corrected chi connectivity index (χ1v) is 5.57. The number of hydrogen-bond acceptors (Lipinski definition) is 4. The quantitative estimate of drug-likeness (QED) is 0.652. The van der Waals surface area contributed by atoms with Crippen LogP contribution in [0.15, 0.2) is 0 Å². The Morgan fingerprint density at radius 2 is 2.33 bits per heavy atom. The molecule has 3 atom stereocenters. The molecule has 2 fully saturated rings. The van der Waals surface area contributed by atoms with Crippen LogP contribution >= 0.6 is 0 Å². The molecule has 2 N–H and O–H groups in total. The summed E-state index contributed by atoms with van der Waals surface area (Å²) in [5.74, 6) is 0.104. The minimum absolute atomic E-state index is 0.104.